The number of nitriles is 1. The summed E-state index contributed by atoms with van der Waals surface area (Å²) in [7, 11) is 0. The summed E-state index contributed by atoms with van der Waals surface area (Å²) in [5, 5.41) is 13.0. The highest BCUT2D eigenvalue weighted by atomic mass is 35.5. The van der Waals surface area contributed by atoms with Crippen molar-refractivity contribution in [3.63, 3.8) is 0 Å². The van der Waals surface area contributed by atoms with Gasteiger partial charge in [0.15, 0.2) is 0 Å². The van der Waals surface area contributed by atoms with Gasteiger partial charge in [0.1, 0.15) is 5.82 Å². The Morgan fingerprint density at radius 2 is 1.60 bits per heavy atom. The first-order valence-electron chi connectivity index (χ1n) is 7.15. The van der Waals surface area contributed by atoms with Crippen LogP contribution >= 0.6 is 34.8 Å². The molecule has 0 radical (unpaired) electrons. The van der Waals surface area contributed by atoms with E-state index in [1.54, 1.807) is 42.5 Å². The summed E-state index contributed by atoms with van der Waals surface area (Å²) in [5.74, 6) is 0.731. The van der Waals surface area contributed by atoms with Gasteiger partial charge in [0.2, 0.25) is 11.2 Å². The number of hydrogen-bond acceptors (Lipinski definition) is 5. The third-order valence-corrected chi connectivity index (χ3v) is 4.20. The normalized spacial score (nSPS) is 10.3. The maximum atomic E-state index is 8.83. The van der Waals surface area contributed by atoms with Gasteiger partial charge in [-0.2, -0.15) is 15.2 Å². The fourth-order valence-electron chi connectivity index (χ4n) is 2.14. The van der Waals surface area contributed by atoms with Gasteiger partial charge in [-0.15, -0.1) is 0 Å². The van der Waals surface area contributed by atoms with Crippen molar-refractivity contribution in [2.75, 3.05) is 5.32 Å². The Morgan fingerprint density at radius 3 is 2.24 bits per heavy atom. The number of nitrogens with one attached hydrogen (secondary N) is 1. The van der Waals surface area contributed by atoms with Gasteiger partial charge in [-0.05, 0) is 53.6 Å². The molecule has 0 aliphatic heterocycles. The van der Waals surface area contributed by atoms with Gasteiger partial charge < -0.3 is 5.32 Å². The second-order valence-corrected chi connectivity index (χ2v) is 6.19. The van der Waals surface area contributed by atoms with Crippen LogP contribution in [0.15, 0.2) is 42.5 Å². The van der Waals surface area contributed by atoms with Crippen molar-refractivity contribution in [1.82, 2.24) is 15.0 Å². The van der Waals surface area contributed by atoms with Crippen LogP contribution in [0.4, 0.5) is 11.6 Å². The topological polar surface area (TPSA) is 74.5 Å². The Kier molecular flexibility index (Phi) is 5.34. The summed E-state index contributed by atoms with van der Waals surface area (Å²) in [5.41, 5.74) is 2.01. The Morgan fingerprint density at radius 1 is 0.920 bits per heavy atom. The van der Waals surface area contributed by atoms with E-state index in [-0.39, 0.29) is 5.28 Å². The van der Waals surface area contributed by atoms with Crippen LogP contribution in [0.5, 0.6) is 0 Å². The molecule has 8 heteroatoms. The average Bonchev–Trinajstić information content (AvgIpc) is 2.58. The molecule has 0 saturated heterocycles. The van der Waals surface area contributed by atoms with E-state index in [4.69, 9.17) is 40.1 Å². The quantitative estimate of drug-likeness (QED) is 0.675. The minimum atomic E-state index is 0.0596. The lowest BCUT2D eigenvalue weighted by Crippen LogP contribution is -2.05. The molecule has 0 aliphatic carbocycles. The fraction of sp³-hybridized carbons (Fsp3) is 0.0588. The molecule has 0 bridgehead atoms. The van der Waals surface area contributed by atoms with E-state index in [9.17, 15) is 0 Å². The van der Waals surface area contributed by atoms with Gasteiger partial charge in [-0.25, -0.2) is 4.98 Å². The third kappa shape index (κ3) is 4.37. The van der Waals surface area contributed by atoms with Crippen molar-refractivity contribution in [3.8, 4) is 6.07 Å². The first-order chi connectivity index (χ1) is 12.0. The second kappa shape index (κ2) is 7.66. The van der Waals surface area contributed by atoms with E-state index >= 15 is 0 Å². The maximum absolute atomic E-state index is 8.83. The number of hydrogen-bond donors (Lipinski definition) is 1. The van der Waals surface area contributed by atoms with Crippen molar-refractivity contribution in [1.29, 1.82) is 5.26 Å². The molecule has 1 heterocycles. The molecule has 0 amide bonds. The average molecular weight is 391 g/mol. The molecule has 25 heavy (non-hydrogen) atoms. The second-order valence-electron chi connectivity index (χ2n) is 5.04. The van der Waals surface area contributed by atoms with Gasteiger partial charge in [0, 0.05) is 22.2 Å². The number of halogens is 3. The molecule has 3 aromatic rings. The summed E-state index contributed by atoms with van der Waals surface area (Å²) in [6.07, 6.45) is 0.322. The van der Waals surface area contributed by atoms with Gasteiger partial charge in [-0.3, -0.25) is 0 Å². The summed E-state index contributed by atoms with van der Waals surface area (Å²) >= 11 is 18.4. The minimum absolute atomic E-state index is 0.0596. The maximum Gasteiger partial charge on any atom is 0.231 e. The van der Waals surface area contributed by atoms with Crippen LogP contribution in [0.1, 0.15) is 17.0 Å². The third-order valence-electron chi connectivity index (χ3n) is 3.32. The number of nitrogens with zero attached hydrogens (tertiary/aromatic N) is 4. The van der Waals surface area contributed by atoms with Crippen LogP contribution in [0.3, 0.4) is 0 Å². The highest BCUT2D eigenvalue weighted by molar-refractivity contribution is 6.36. The van der Waals surface area contributed by atoms with E-state index < -0.39 is 0 Å². The molecule has 1 aromatic heterocycles. The van der Waals surface area contributed by atoms with Crippen molar-refractivity contribution in [3.05, 3.63) is 74.7 Å². The van der Waals surface area contributed by atoms with E-state index in [1.165, 1.54) is 0 Å². The number of rotatable bonds is 4. The van der Waals surface area contributed by atoms with Crippen LogP contribution in [-0.2, 0) is 6.42 Å². The lowest BCUT2D eigenvalue weighted by Gasteiger charge is -2.09. The first kappa shape index (κ1) is 17.4. The summed E-state index contributed by atoms with van der Waals surface area (Å²) < 4.78 is 0. The van der Waals surface area contributed by atoms with Crippen LogP contribution in [0.2, 0.25) is 15.3 Å². The monoisotopic (exact) mass is 389 g/mol. The Bertz CT molecular complexity index is 931. The van der Waals surface area contributed by atoms with Crippen molar-refractivity contribution >= 4 is 46.4 Å². The Balaban J connectivity index is 1.86. The lowest BCUT2D eigenvalue weighted by molar-refractivity contribution is 0.926. The van der Waals surface area contributed by atoms with Crippen LogP contribution in [0.25, 0.3) is 0 Å². The summed E-state index contributed by atoms with van der Waals surface area (Å²) in [6, 6.07) is 14.2. The predicted molar refractivity (Wildman–Crippen MR) is 98.5 cm³/mol. The molecular formula is C17H10Cl3N5. The zero-order valence-corrected chi connectivity index (χ0v) is 14.9. The van der Waals surface area contributed by atoms with E-state index in [0.29, 0.717) is 33.8 Å². The fourth-order valence-corrected chi connectivity index (χ4v) is 2.85. The number of benzene rings is 2. The van der Waals surface area contributed by atoms with E-state index in [2.05, 4.69) is 26.3 Å². The lowest BCUT2D eigenvalue weighted by atomic mass is 10.1. The van der Waals surface area contributed by atoms with Crippen molar-refractivity contribution in [2.24, 2.45) is 0 Å². The number of aromatic nitrogens is 3. The molecule has 3 rings (SSSR count). The largest absolute Gasteiger partial charge is 0.324 e. The summed E-state index contributed by atoms with van der Waals surface area (Å²) in [6.45, 7) is 0. The molecule has 0 unspecified atom stereocenters. The molecule has 0 spiro atoms. The SMILES string of the molecule is N#Cc1ccc(Nc2nc(Cl)nc(Cc3c(Cl)cccc3Cl)n2)cc1. The highest BCUT2D eigenvalue weighted by Crippen LogP contribution is 2.26. The Hall–Kier alpha value is -2.39. The molecule has 1 N–H and O–H groups in total. The molecule has 0 aliphatic rings. The summed E-state index contributed by atoms with van der Waals surface area (Å²) in [4.78, 5) is 12.5. The number of anilines is 2. The van der Waals surface area contributed by atoms with Crippen molar-refractivity contribution in [2.45, 2.75) is 6.42 Å². The van der Waals surface area contributed by atoms with Gasteiger partial charge >= 0.3 is 0 Å². The minimum Gasteiger partial charge on any atom is -0.324 e. The molecule has 0 fully saturated rings. The smallest absolute Gasteiger partial charge is 0.231 e. The van der Waals surface area contributed by atoms with Crippen LogP contribution in [0, 0.1) is 11.3 Å². The molecule has 5 nitrogen and oxygen atoms in total. The molecule has 124 valence electrons. The van der Waals surface area contributed by atoms with Crippen LogP contribution in [-0.4, -0.2) is 15.0 Å². The van der Waals surface area contributed by atoms with E-state index in [0.717, 1.165) is 11.3 Å². The van der Waals surface area contributed by atoms with Crippen LogP contribution < -0.4 is 5.32 Å². The van der Waals surface area contributed by atoms with Gasteiger partial charge in [0.25, 0.3) is 0 Å². The zero-order valence-electron chi connectivity index (χ0n) is 12.7. The predicted octanol–water partition coefficient (Wildman–Crippen LogP) is 5.04. The standard InChI is InChI=1S/C17H10Cl3N5/c18-13-2-1-3-14(19)12(13)8-15-23-16(20)25-17(24-15)22-11-6-4-10(9-21)5-7-11/h1-7H,8H2,(H,22,23,24,25). The van der Waals surface area contributed by atoms with Gasteiger partial charge in [0.05, 0.1) is 11.6 Å². The molecule has 0 saturated carbocycles. The van der Waals surface area contributed by atoms with E-state index in [1.807, 2.05) is 0 Å². The first-order valence-corrected chi connectivity index (χ1v) is 8.29. The van der Waals surface area contributed by atoms with Gasteiger partial charge in [-0.1, -0.05) is 29.3 Å². The Labute approximate surface area is 159 Å². The zero-order chi connectivity index (χ0) is 17.8. The highest BCUT2D eigenvalue weighted by Gasteiger charge is 2.11. The molecule has 0 atom stereocenters. The molecule has 2 aromatic carbocycles. The van der Waals surface area contributed by atoms with Crippen molar-refractivity contribution < 1.29 is 0 Å². The molecular weight excluding hydrogens is 381 g/mol.